The van der Waals surface area contributed by atoms with Gasteiger partial charge in [0.05, 0.1) is 33.8 Å². The van der Waals surface area contributed by atoms with E-state index in [2.05, 4.69) is 6.92 Å². The SMILES string of the molecule is [B]CCCC(C)C1COCCO1. The molecule has 2 nitrogen and oxygen atoms in total. The molecule has 0 saturated carbocycles. The van der Waals surface area contributed by atoms with Gasteiger partial charge in [-0.1, -0.05) is 19.7 Å². The van der Waals surface area contributed by atoms with Crippen LogP contribution in [0.5, 0.6) is 0 Å². The highest BCUT2D eigenvalue weighted by atomic mass is 16.6. The monoisotopic (exact) mass is 168 g/mol. The second-order valence-corrected chi connectivity index (χ2v) is 3.39. The smallest absolute Gasteiger partial charge is 0.0835 e. The Balaban J connectivity index is 2.15. The van der Waals surface area contributed by atoms with E-state index >= 15 is 0 Å². The quantitative estimate of drug-likeness (QED) is 0.590. The van der Waals surface area contributed by atoms with Gasteiger partial charge in [-0.3, -0.25) is 0 Å². The maximum absolute atomic E-state index is 5.57. The zero-order chi connectivity index (χ0) is 8.81. The molecule has 12 heavy (non-hydrogen) atoms. The first-order valence-corrected chi connectivity index (χ1v) is 4.74. The molecule has 1 aliphatic rings. The molecule has 2 atom stereocenters. The average molecular weight is 168 g/mol. The predicted molar refractivity (Wildman–Crippen MR) is 49.5 cm³/mol. The van der Waals surface area contributed by atoms with Crippen molar-refractivity contribution in [1.82, 2.24) is 0 Å². The first-order chi connectivity index (χ1) is 5.84. The lowest BCUT2D eigenvalue weighted by Gasteiger charge is -2.28. The van der Waals surface area contributed by atoms with Crippen molar-refractivity contribution in [1.29, 1.82) is 0 Å². The fourth-order valence-electron chi connectivity index (χ4n) is 1.46. The van der Waals surface area contributed by atoms with Crippen molar-refractivity contribution in [2.45, 2.75) is 32.2 Å². The third-order valence-electron chi connectivity index (χ3n) is 2.34. The van der Waals surface area contributed by atoms with Crippen LogP contribution < -0.4 is 0 Å². The van der Waals surface area contributed by atoms with E-state index in [-0.39, 0.29) is 0 Å². The van der Waals surface area contributed by atoms with Gasteiger partial charge in [-0.05, 0) is 12.3 Å². The van der Waals surface area contributed by atoms with Gasteiger partial charge < -0.3 is 9.47 Å². The highest BCUT2D eigenvalue weighted by molar-refractivity contribution is 6.08. The summed E-state index contributed by atoms with van der Waals surface area (Å²) in [6, 6.07) is 0. The average Bonchev–Trinajstić information content (AvgIpc) is 2.15. The number of ether oxygens (including phenoxy) is 2. The van der Waals surface area contributed by atoms with Crippen LogP contribution in [0.2, 0.25) is 6.32 Å². The largest absolute Gasteiger partial charge is 0.376 e. The van der Waals surface area contributed by atoms with Crippen molar-refractivity contribution >= 4 is 7.85 Å². The van der Waals surface area contributed by atoms with E-state index in [9.17, 15) is 0 Å². The summed E-state index contributed by atoms with van der Waals surface area (Å²) in [5.41, 5.74) is 0. The van der Waals surface area contributed by atoms with Gasteiger partial charge in [0.2, 0.25) is 0 Å². The Hall–Kier alpha value is -0.0151. The molecule has 0 aromatic carbocycles. The molecule has 1 heterocycles. The maximum atomic E-state index is 5.57. The van der Waals surface area contributed by atoms with E-state index in [0.717, 1.165) is 39.0 Å². The van der Waals surface area contributed by atoms with Gasteiger partial charge >= 0.3 is 0 Å². The zero-order valence-corrected chi connectivity index (χ0v) is 7.79. The fraction of sp³-hybridized carbons (Fsp3) is 1.00. The Morgan fingerprint density at radius 3 is 2.92 bits per heavy atom. The van der Waals surface area contributed by atoms with Crippen LogP contribution in [0.1, 0.15) is 19.8 Å². The molecule has 0 N–H and O–H groups in total. The van der Waals surface area contributed by atoms with Crippen LogP contribution in [0.25, 0.3) is 0 Å². The van der Waals surface area contributed by atoms with Gasteiger partial charge in [0.1, 0.15) is 0 Å². The van der Waals surface area contributed by atoms with Crippen molar-refractivity contribution in [3.05, 3.63) is 0 Å². The van der Waals surface area contributed by atoms with E-state index < -0.39 is 0 Å². The van der Waals surface area contributed by atoms with E-state index in [0.29, 0.717) is 12.0 Å². The van der Waals surface area contributed by atoms with Crippen molar-refractivity contribution in [3.63, 3.8) is 0 Å². The molecule has 0 amide bonds. The summed E-state index contributed by atoms with van der Waals surface area (Å²) in [5.74, 6) is 0.578. The minimum absolute atomic E-state index is 0.297. The number of hydrogen-bond acceptors (Lipinski definition) is 2. The highest BCUT2D eigenvalue weighted by Crippen LogP contribution is 2.17. The van der Waals surface area contributed by atoms with E-state index in [1.165, 1.54) is 0 Å². The van der Waals surface area contributed by atoms with Crippen molar-refractivity contribution in [2.24, 2.45) is 5.92 Å². The van der Waals surface area contributed by atoms with Gasteiger partial charge in [0.15, 0.2) is 0 Å². The van der Waals surface area contributed by atoms with Gasteiger partial charge in [0.25, 0.3) is 0 Å². The maximum Gasteiger partial charge on any atom is 0.0835 e. The second kappa shape index (κ2) is 5.60. The molecule has 68 valence electrons. The van der Waals surface area contributed by atoms with Crippen LogP contribution in [0, 0.1) is 5.92 Å². The Morgan fingerprint density at radius 2 is 2.33 bits per heavy atom. The highest BCUT2D eigenvalue weighted by Gasteiger charge is 2.20. The molecule has 0 bridgehead atoms. The Morgan fingerprint density at radius 1 is 1.50 bits per heavy atom. The molecule has 1 aliphatic heterocycles. The van der Waals surface area contributed by atoms with E-state index in [1.54, 1.807) is 0 Å². The first kappa shape index (κ1) is 10.1. The third-order valence-corrected chi connectivity index (χ3v) is 2.34. The molecule has 0 spiro atoms. The number of hydrogen-bond donors (Lipinski definition) is 0. The third kappa shape index (κ3) is 3.15. The summed E-state index contributed by atoms with van der Waals surface area (Å²) in [6.45, 7) is 4.46. The lowest BCUT2D eigenvalue weighted by atomic mass is 9.92. The van der Waals surface area contributed by atoms with Crippen LogP contribution in [0.15, 0.2) is 0 Å². The molecule has 0 aliphatic carbocycles. The summed E-state index contributed by atoms with van der Waals surface area (Å²) >= 11 is 0. The standard InChI is InChI=1S/C9H17BO2/c1-8(3-2-4-10)9-7-11-5-6-12-9/h8-9H,2-7H2,1H3. The van der Waals surface area contributed by atoms with Gasteiger partial charge in [-0.2, -0.15) is 0 Å². The van der Waals surface area contributed by atoms with Crippen LogP contribution >= 0.6 is 0 Å². The van der Waals surface area contributed by atoms with Gasteiger partial charge in [-0.25, -0.2) is 0 Å². The topological polar surface area (TPSA) is 18.5 Å². The Bertz CT molecular complexity index is 113. The lowest BCUT2D eigenvalue weighted by Crippen LogP contribution is -2.33. The lowest BCUT2D eigenvalue weighted by molar-refractivity contribution is -0.109. The number of rotatable bonds is 4. The molecule has 1 rings (SSSR count). The normalized spacial score (nSPS) is 26.9. The molecule has 1 fully saturated rings. The summed E-state index contributed by atoms with van der Waals surface area (Å²) in [6.07, 6.45) is 3.30. The molecule has 2 unspecified atom stereocenters. The van der Waals surface area contributed by atoms with Crippen molar-refractivity contribution in [2.75, 3.05) is 19.8 Å². The summed E-state index contributed by atoms with van der Waals surface area (Å²) in [7, 11) is 5.43. The van der Waals surface area contributed by atoms with E-state index in [4.69, 9.17) is 17.3 Å². The molecular weight excluding hydrogens is 151 g/mol. The molecule has 3 heteroatoms. The van der Waals surface area contributed by atoms with Gasteiger partial charge in [-0.15, -0.1) is 0 Å². The Labute approximate surface area is 76.0 Å². The predicted octanol–water partition coefficient (Wildman–Crippen LogP) is 1.40. The molecule has 0 aromatic rings. The molecule has 0 aromatic heterocycles. The fourth-order valence-corrected chi connectivity index (χ4v) is 1.46. The van der Waals surface area contributed by atoms with Crippen LogP contribution in [-0.4, -0.2) is 33.8 Å². The minimum Gasteiger partial charge on any atom is -0.376 e. The minimum atomic E-state index is 0.297. The van der Waals surface area contributed by atoms with Crippen molar-refractivity contribution < 1.29 is 9.47 Å². The van der Waals surface area contributed by atoms with Gasteiger partial charge in [0, 0.05) is 0 Å². The zero-order valence-electron chi connectivity index (χ0n) is 7.79. The summed E-state index contributed by atoms with van der Waals surface area (Å²) in [5, 5.41) is 0. The van der Waals surface area contributed by atoms with Crippen LogP contribution in [0.3, 0.4) is 0 Å². The molecule has 2 radical (unpaired) electrons. The summed E-state index contributed by atoms with van der Waals surface area (Å²) in [4.78, 5) is 0. The van der Waals surface area contributed by atoms with Crippen LogP contribution in [0.4, 0.5) is 0 Å². The molecule has 1 saturated heterocycles. The van der Waals surface area contributed by atoms with Crippen LogP contribution in [-0.2, 0) is 9.47 Å². The van der Waals surface area contributed by atoms with E-state index in [1.807, 2.05) is 0 Å². The second-order valence-electron chi connectivity index (χ2n) is 3.39. The van der Waals surface area contributed by atoms with Crippen molar-refractivity contribution in [3.8, 4) is 0 Å². The summed E-state index contributed by atoms with van der Waals surface area (Å²) < 4.78 is 10.9. The molecular formula is C9H17BO2. The Kier molecular flexibility index (Phi) is 4.70. The first-order valence-electron chi connectivity index (χ1n) is 4.74.